The van der Waals surface area contributed by atoms with Gasteiger partial charge in [0, 0.05) is 5.69 Å². The number of amides is 2. The molecule has 2 amide bonds. The van der Waals surface area contributed by atoms with Gasteiger partial charge in [0.25, 0.3) is 5.91 Å². The number of ether oxygens (including phenoxy) is 2. The highest BCUT2D eigenvalue weighted by Crippen LogP contribution is 2.24. The lowest BCUT2D eigenvalue weighted by Gasteiger charge is -2.26. The van der Waals surface area contributed by atoms with E-state index in [2.05, 4.69) is 15.4 Å². The van der Waals surface area contributed by atoms with Gasteiger partial charge in [-0.25, -0.2) is 4.79 Å². The third-order valence-electron chi connectivity index (χ3n) is 4.29. The molecule has 0 spiro atoms. The molecule has 0 bridgehead atoms. The Morgan fingerprint density at radius 2 is 1.70 bits per heavy atom. The number of esters is 1. The molecule has 0 aliphatic rings. The minimum Gasteiger partial charge on any atom is -0.497 e. The van der Waals surface area contributed by atoms with Gasteiger partial charge < -0.3 is 25.8 Å². The summed E-state index contributed by atoms with van der Waals surface area (Å²) in [6.07, 6.45) is -3.80. The monoisotopic (exact) mass is 473 g/mol. The normalized spacial score (nSPS) is 14.2. The minimum atomic E-state index is -5.33. The fourth-order valence-corrected chi connectivity index (χ4v) is 2.65. The lowest BCUT2D eigenvalue weighted by Crippen LogP contribution is -2.46. The predicted molar refractivity (Wildman–Crippen MR) is 116 cm³/mol. The Labute approximate surface area is 190 Å². The van der Waals surface area contributed by atoms with Gasteiger partial charge in [-0.3, -0.25) is 9.59 Å². The fourth-order valence-electron chi connectivity index (χ4n) is 2.65. The van der Waals surface area contributed by atoms with E-state index in [9.17, 15) is 27.6 Å². The smallest absolute Gasteiger partial charge is 0.491 e. The van der Waals surface area contributed by atoms with Crippen LogP contribution in [0.4, 0.5) is 18.9 Å². The van der Waals surface area contributed by atoms with Gasteiger partial charge in [-0.1, -0.05) is 27.7 Å². The second-order valence-corrected chi connectivity index (χ2v) is 8.50. The summed E-state index contributed by atoms with van der Waals surface area (Å²) >= 11 is 0. The van der Waals surface area contributed by atoms with Crippen molar-refractivity contribution in [2.24, 2.45) is 11.1 Å². The average molecular weight is 473 g/mol. The standard InChI is InChI=1S/C22H30F3N3O5/c1-6-16(26)18(29)28-14(12-21(2,3)4)11-17(33-20(31)22(23,24)25)19(30)27-13-7-9-15(32-5)10-8-13/h7-11,14,16H,6,12,26H2,1-5H3,(H,27,30)(H,28,29)/b17-11+/t14-,16+/m1/s1. The first-order valence-electron chi connectivity index (χ1n) is 10.2. The van der Waals surface area contributed by atoms with Gasteiger partial charge in [0.2, 0.25) is 5.91 Å². The number of benzene rings is 1. The largest absolute Gasteiger partial charge is 0.497 e. The van der Waals surface area contributed by atoms with E-state index >= 15 is 0 Å². The SMILES string of the molecule is CC[C@H](N)C(=O)N[C@H](/C=C(/OC(=O)C(F)(F)F)C(=O)Nc1ccc(OC)cc1)CC(C)(C)C. The molecule has 0 aliphatic heterocycles. The van der Waals surface area contributed by atoms with E-state index in [1.165, 1.54) is 31.4 Å². The van der Waals surface area contributed by atoms with Gasteiger partial charge in [-0.15, -0.1) is 0 Å². The van der Waals surface area contributed by atoms with Gasteiger partial charge in [0.15, 0.2) is 5.76 Å². The minimum absolute atomic E-state index is 0.220. The molecule has 0 fully saturated rings. The van der Waals surface area contributed by atoms with Crippen LogP contribution in [-0.2, 0) is 19.1 Å². The summed E-state index contributed by atoms with van der Waals surface area (Å²) in [6.45, 7) is 7.19. The van der Waals surface area contributed by atoms with E-state index < -0.39 is 47.2 Å². The lowest BCUT2D eigenvalue weighted by molar-refractivity contribution is -0.195. The van der Waals surface area contributed by atoms with Crippen molar-refractivity contribution in [1.29, 1.82) is 0 Å². The molecule has 11 heteroatoms. The molecule has 0 radical (unpaired) electrons. The zero-order chi connectivity index (χ0) is 25.4. The molecule has 1 aromatic carbocycles. The molecule has 184 valence electrons. The molecule has 1 rings (SSSR count). The van der Waals surface area contributed by atoms with Crippen molar-refractivity contribution < 1.29 is 37.0 Å². The van der Waals surface area contributed by atoms with E-state index in [-0.39, 0.29) is 12.1 Å². The highest BCUT2D eigenvalue weighted by Gasteiger charge is 2.42. The third-order valence-corrected chi connectivity index (χ3v) is 4.29. The van der Waals surface area contributed by atoms with Crippen LogP contribution in [0, 0.1) is 5.41 Å². The van der Waals surface area contributed by atoms with Crippen LogP contribution in [-0.4, -0.2) is 43.2 Å². The van der Waals surface area contributed by atoms with Crippen molar-refractivity contribution in [3.05, 3.63) is 36.1 Å². The Morgan fingerprint density at radius 1 is 1.12 bits per heavy atom. The molecular weight excluding hydrogens is 443 g/mol. The first kappa shape index (κ1) is 28.0. The molecule has 0 heterocycles. The number of hydrogen-bond acceptors (Lipinski definition) is 6. The number of carbonyl (C=O) groups excluding carboxylic acids is 3. The van der Waals surface area contributed by atoms with E-state index in [0.717, 1.165) is 6.08 Å². The van der Waals surface area contributed by atoms with E-state index in [0.29, 0.717) is 12.2 Å². The fraction of sp³-hybridized carbons (Fsp3) is 0.500. The summed E-state index contributed by atoms with van der Waals surface area (Å²) < 4.78 is 47.9. The summed E-state index contributed by atoms with van der Waals surface area (Å²) in [5.74, 6) is -4.64. The molecule has 0 aliphatic carbocycles. The highest BCUT2D eigenvalue weighted by molar-refractivity contribution is 6.04. The number of halogens is 3. The summed E-state index contributed by atoms with van der Waals surface area (Å²) in [6, 6.07) is 4.16. The Hall–Kier alpha value is -3.08. The molecule has 2 atom stereocenters. The van der Waals surface area contributed by atoms with Crippen LogP contribution in [0.2, 0.25) is 0 Å². The van der Waals surface area contributed by atoms with E-state index in [4.69, 9.17) is 10.5 Å². The molecule has 1 aromatic rings. The number of anilines is 1. The number of nitrogens with one attached hydrogen (secondary N) is 2. The molecule has 8 nitrogen and oxygen atoms in total. The summed E-state index contributed by atoms with van der Waals surface area (Å²) in [5, 5.41) is 4.95. The quantitative estimate of drug-likeness (QED) is 0.288. The Bertz CT molecular complexity index is 862. The van der Waals surface area contributed by atoms with E-state index in [1.807, 2.05) is 20.8 Å². The maximum atomic E-state index is 12.8. The van der Waals surface area contributed by atoms with Crippen molar-refractivity contribution in [1.82, 2.24) is 5.32 Å². The van der Waals surface area contributed by atoms with Crippen molar-refractivity contribution in [2.75, 3.05) is 12.4 Å². The molecule has 0 saturated carbocycles. The third kappa shape index (κ3) is 9.94. The lowest BCUT2D eigenvalue weighted by atomic mass is 9.87. The van der Waals surface area contributed by atoms with Gasteiger partial charge in [-0.05, 0) is 48.6 Å². The zero-order valence-corrected chi connectivity index (χ0v) is 19.2. The number of hydrogen-bond donors (Lipinski definition) is 3. The Morgan fingerprint density at radius 3 is 2.15 bits per heavy atom. The molecular formula is C22H30F3N3O5. The van der Waals surface area contributed by atoms with Crippen LogP contribution in [0.5, 0.6) is 5.75 Å². The second kappa shape index (κ2) is 11.7. The Balaban J connectivity index is 3.30. The zero-order valence-electron chi connectivity index (χ0n) is 19.2. The number of rotatable bonds is 9. The average Bonchev–Trinajstić information content (AvgIpc) is 2.71. The highest BCUT2D eigenvalue weighted by atomic mass is 19.4. The summed E-state index contributed by atoms with van der Waals surface area (Å²) in [5.41, 5.74) is 5.54. The topological polar surface area (TPSA) is 120 Å². The van der Waals surface area contributed by atoms with Crippen LogP contribution in [0.1, 0.15) is 40.5 Å². The molecule has 4 N–H and O–H groups in total. The number of nitrogens with two attached hydrogens (primary N) is 1. The number of alkyl halides is 3. The van der Waals surface area contributed by atoms with Gasteiger partial charge in [0.05, 0.1) is 19.2 Å². The van der Waals surface area contributed by atoms with Crippen LogP contribution < -0.4 is 21.1 Å². The molecule has 33 heavy (non-hydrogen) atoms. The van der Waals surface area contributed by atoms with E-state index in [1.54, 1.807) is 6.92 Å². The van der Waals surface area contributed by atoms with Crippen LogP contribution >= 0.6 is 0 Å². The predicted octanol–water partition coefficient (Wildman–Crippen LogP) is 3.28. The second-order valence-electron chi connectivity index (χ2n) is 8.50. The summed E-state index contributed by atoms with van der Waals surface area (Å²) in [4.78, 5) is 36.5. The van der Waals surface area contributed by atoms with Crippen molar-refractivity contribution >= 4 is 23.5 Å². The first-order valence-corrected chi connectivity index (χ1v) is 10.2. The van der Waals surface area contributed by atoms with Crippen molar-refractivity contribution in [3.63, 3.8) is 0 Å². The van der Waals surface area contributed by atoms with Gasteiger partial charge >= 0.3 is 12.1 Å². The molecule has 0 unspecified atom stereocenters. The van der Waals surface area contributed by atoms with Gasteiger partial charge in [-0.2, -0.15) is 13.2 Å². The van der Waals surface area contributed by atoms with Gasteiger partial charge in [0.1, 0.15) is 5.75 Å². The molecule has 0 saturated heterocycles. The molecule has 0 aromatic heterocycles. The van der Waals surface area contributed by atoms with Crippen molar-refractivity contribution in [3.8, 4) is 5.75 Å². The van der Waals surface area contributed by atoms with Crippen LogP contribution in [0.15, 0.2) is 36.1 Å². The number of carbonyl (C=O) groups is 3. The van der Waals surface area contributed by atoms with Crippen molar-refractivity contribution in [2.45, 2.75) is 58.8 Å². The van der Waals surface area contributed by atoms with Crippen LogP contribution in [0.25, 0.3) is 0 Å². The van der Waals surface area contributed by atoms with Crippen LogP contribution in [0.3, 0.4) is 0 Å². The summed E-state index contributed by atoms with van der Waals surface area (Å²) in [7, 11) is 1.44. The number of methoxy groups -OCH3 is 1. The Kier molecular flexibility index (Phi) is 9.90. The maximum Gasteiger partial charge on any atom is 0.491 e. The maximum absolute atomic E-state index is 12.8. The first-order chi connectivity index (χ1) is 15.2.